The standard InChI is InChI=1S/C8H12O2/c9-8(10)6-7-4-2-1-3-5-7/h2,4,7H,1,3,5-6H2,(H,9,10). The van der Waals surface area contributed by atoms with E-state index in [2.05, 4.69) is 6.08 Å². The van der Waals surface area contributed by atoms with Crippen LogP contribution in [0.15, 0.2) is 12.2 Å². The van der Waals surface area contributed by atoms with E-state index in [0.717, 1.165) is 19.3 Å². The molecule has 1 unspecified atom stereocenters. The van der Waals surface area contributed by atoms with E-state index in [1.165, 1.54) is 0 Å². The molecular weight excluding hydrogens is 128 g/mol. The number of allylic oxidation sites excluding steroid dienone is 2. The van der Waals surface area contributed by atoms with Crippen LogP contribution >= 0.6 is 0 Å². The number of carbonyl (C=O) groups is 1. The van der Waals surface area contributed by atoms with Crippen molar-refractivity contribution in [2.45, 2.75) is 25.7 Å². The predicted octanol–water partition coefficient (Wildman–Crippen LogP) is 1.82. The molecule has 0 amide bonds. The van der Waals surface area contributed by atoms with Gasteiger partial charge in [0.05, 0.1) is 6.42 Å². The molecule has 1 N–H and O–H groups in total. The van der Waals surface area contributed by atoms with Crippen LogP contribution in [-0.2, 0) is 4.79 Å². The highest BCUT2D eigenvalue weighted by atomic mass is 16.4. The Balaban J connectivity index is 2.33. The highest BCUT2D eigenvalue weighted by Gasteiger charge is 2.11. The lowest BCUT2D eigenvalue weighted by Crippen LogP contribution is -2.07. The molecule has 2 nitrogen and oxygen atoms in total. The minimum Gasteiger partial charge on any atom is -0.481 e. The molecule has 1 atom stereocenters. The maximum absolute atomic E-state index is 10.2. The van der Waals surface area contributed by atoms with Gasteiger partial charge in [0.2, 0.25) is 0 Å². The molecule has 1 aliphatic carbocycles. The fourth-order valence-corrected chi connectivity index (χ4v) is 1.28. The van der Waals surface area contributed by atoms with Crippen molar-refractivity contribution in [3.05, 3.63) is 12.2 Å². The van der Waals surface area contributed by atoms with Gasteiger partial charge < -0.3 is 5.11 Å². The van der Waals surface area contributed by atoms with Crippen molar-refractivity contribution in [1.29, 1.82) is 0 Å². The van der Waals surface area contributed by atoms with Crippen molar-refractivity contribution in [3.8, 4) is 0 Å². The maximum Gasteiger partial charge on any atom is 0.303 e. The van der Waals surface area contributed by atoms with Crippen molar-refractivity contribution in [3.63, 3.8) is 0 Å². The van der Waals surface area contributed by atoms with Crippen LogP contribution < -0.4 is 0 Å². The second-order valence-electron chi connectivity index (χ2n) is 2.72. The molecule has 1 rings (SSSR count). The molecular formula is C8H12O2. The van der Waals surface area contributed by atoms with Gasteiger partial charge in [0, 0.05) is 0 Å². The monoisotopic (exact) mass is 140 g/mol. The molecule has 1 aliphatic rings. The summed E-state index contributed by atoms with van der Waals surface area (Å²) < 4.78 is 0. The first-order valence-corrected chi connectivity index (χ1v) is 3.67. The first kappa shape index (κ1) is 7.32. The number of hydrogen-bond donors (Lipinski definition) is 1. The van der Waals surface area contributed by atoms with Crippen LogP contribution in [0.4, 0.5) is 0 Å². The van der Waals surface area contributed by atoms with Crippen LogP contribution in [0, 0.1) is 5.92 Å². The molecule has 0 fully saturated rings. The SMILES string of the molecule is O=C(O)CC1C=CCCC1. The first-order chi connectivity index (χ1) is 4.79. The van der Waals surface area contributed by atoms with Crippen molar-refractivity contribution < 1.29 is 9.90 Å². The van der Waals surface area contributed by atoms with Gasteiger partial charge in [0.15, 0.2) is 0 Å². The third-order valence-electron chi connectivity index (χ3n) is 1.79. The lowest BCUT2D eigenvalue weighted by Gasteiger charge is -2.12. The molecule has 2 heteroatoms. The highest BCUT2D eigenvalue weighted by molar-refractivity contribution is 5.67. The first-order valence-electron chi connectivity index (χ1n) is 3.67. The molecule has 0 heterocycles. The molecule has 0 spiro atoms. The summed E-state index contributed by atoms with van der Waals surface area (Å²) in [5.74, 6) is -0.386. The lowest BCUT2D eigenvalue weighted by molar-refractivity contribution is -0.137. The van der Waals surface area contributed by atoms with Gasteiger partial charge in [-0.15, -0.1) is 0 Å². The summed E-state index contributed by atoms with van der Waals surface area (Å²) >= 11 is 0. The van der Waals surface area contributed by atoms with Crippen molar-refractivity contribution in [2.75, 3.05) is 0 Å². The van der Waals surface area contributed by atoms with Crippen LogP contribution in [0.3, 0.4) is 0 Å². The Hall–Kier alpha value is -0.790. The lowest BCUT2D eigenvalue weighted by atomic mass is 9.93. The predicted molar refractivity (Wildman–Crippen MR) is 38.7 cm³/mol. The van der Waals surface area contributed by atoms with Crippen LogP contribution in [0.5, 0.6) is 0 Å². The zero-order valence-electron chi connectivity index (χ0n) is 5.92. The van der Waals surface area contributed by atoms with Gasteiger partial charge in [0.25, 0.3) is 0 Å². The normalized spacial score (nSPS) is 24.6. The Morgan fingerprint density at radius 1 is 1.70 bits per heavy atom. The van der Waals surface area contributed by atoms with E-state index >= 15 is 0 Å². The Morgan fingerprint density at radius 3 is 3.00 bits per heavy atom. The van der Waals surface area contributed by atoms with E-state index < -0.39 is 5.97 Å². The fourth-order valence-electron chi connectivity index (χ4n) is 1.28. The van der Waals surface area contributed by atoms with E-state index in [1.807, 2.05) is 6.08 Å². The van der Waals surface area contributed by atoms with E-state index in [0.29, 0.717) is 12.3 Å². The van der Waals surface area contributed by atoms with Gasteiger partial charge >= 0.3 is 5.97 Å². The Morgan fingerprint density at radius 2 is 2.50 bits per heavy atom. The fraction of sp³-hybridized carbons (Fsp3) is 0.625. The molecule has 0 bridgehead atoms. The van der Waals surface area contributed by atoms with E-state index in [-0.39, 0.29) is 0 Å². The van der Waals surface area contributed by atoms with Crippen LogP contribution in [0.2, 0.25) is 0 Å². The third kappa shape index (κ3) is 2.21. The average Bonchev–Trinajstić information content (AvgIpc) is 1.88. The quantitative estimate of drug-likeness (QED) is 0.594. The van der Waals surface area contributed by atoms with Gasteiger partial charge in [-0.2, -0.15) is 0 Å². The van der Waals surface area contributed by atoms with Gasteiger partial charge in [-0.3, -0.25) is 4.79 Å². The minimum atomic E-state index is -0.684. The number of hydrogen-bond acceptors (Lipinski definition) is 1. The Labute approximate surface area is 60.6 Å². The molecule has 0 radical (unpaired) electrons. The topological polar surface area (TPSA) is 37.3 Å². The van der Waals surface area contributed by atoms with Gasteiger partial charge in [-0.05, 0) is 25.2 Å². The highest BCUT2D eigenvalue weighted by Crippen LogP contribution is 2.19. The number of carboxylic acid groups (broad SMARTS) is 1. The third-order valence-corrected chi connectivity index (χ3v) is 1.79. The van der Waals surface area contributed by atoms with Crippen molar-refractivity contribution in [2.24, 2.45) is 5.92 Å². The van der Waals surface area contributed by atoms with E-state index in [1.54, 1.807) is 0 Å². The van der Waals surface area contributed by atoms with Crippen LogP contribution in [-0.4, -0.2) is 11.1 Å². The summed E-state index contributed by atoms with van der Waals surface area (Å²) in [7, 11) is 0. The summed E-state index contributed by atoms with van der Waals surface area (Å²) in [6, 6.07) is 0. The van der Waals surface area contributed by atoms with Crippen LogP contribution in [0.25, 0.3) is 0 Å². The summed E-state index contributed by atoms with van der Waals surface area (Å²) in [5, 5.41) is 8.43. The largest absolute Gasteiger partial charge is 0.481 e. The summed E-state index contributed by atoms with van der Waals surface area (Å²) in [5.41, 5.74) is 0. The molecule has 56 valence electrons. The number of rotatable bonds is 2. The Kier molecular flexibility index (Phi) is 2.49. The molecule has 10 heavy (non-hydrogen) atoms. The minimum absolute atomic E-state index is 0.297. The second kappa shape index (κ2) is 3.40. The van der Waals surface area contributed by atoms with Gasteiger partial charge in [-0.1, -0.05) is 12.2 Å². The van der Waals surface area contributed by atoms with Crippen LogP contribution in [0.1, 0.15) is 25.7 Å². The molecule has 0 saturated carbocycles. The molecule has 0 aromatic heterocycles. The second-order valence-corrected chi connectivity index (χ2v) is 2.72. The number of aliphatic carboxylic acids is 1. The molecule has 0 aromatic carbocycles. The molecule has 0 saturated heterocycles. The molecule has 0 aromatic rings. The zero-order chi connectivity index (χ0) is 7.40. The maximum atomic E-state index is 10.2. The van der Waals surface area contributed by atoms with Gasteiger partial charge in [-0.25, -0.2) is 0 Å². The summed E-state index contributed by atoms with van der Waals surface area (Å²) in [6.45, 7) is 0. The smallest absolute Gasteiger partial charge is 0.303 e. The van der Waals surface area contributed by atoms with E-state index in [9.17, 15) is 4.79 Å². The zero-order valence-corrected chi connectivity index (χ0v) is 5.92. The average molecular weight is 140 g/mol. The summed E-state index contributed by atoms with van der Waals surface area (Å²) in [6.07, 6.45) is 7.72. The Bertz CT molecular complexity index is 149. The van der Waals surface area contributed by atoms with Crippen molar-refractivity contribution >= 4 is 5.97 Å². The summed E-state index contributed by atoms with van der Waals surface area (Å²) in [4.78, 5) is 10.2. The van der Waals surface area contributed by atoms with E-state index in [4.69, 9.17) is 5.11 Å². The number of carboxylic acids is 1. The van der Waals surface area contributed by atoms with Gasteiger partial charge in [0.1, 0.15) is 0 Å². The molecule has 0 aliphatic heterocycles. The van der Waals surface area contributed by atoms with Crippen molar-refractivity contribution in [1.82, 2.24) is 0 Å².